The molecular formula is C10H17F5O. The maximum atomic E-state index is 12.8. The minimum absolute atomic E-state index is 0.159. The lowest BCUT2D eigenvalue weighted by molar-refractivity contribution is -0.339. The van der Waals surface area contributed by atoms with Gasteiger partial charge in [0, 0.05) is 0 Å². The van der Waals surface area contributed by atoms with Crippen molar-refractivity contribution in [1.29, 1.82) is 0 Å². The Kier molecular flexibility index (Phi) is 5.16. The van der Waals surface area contributed by atoms with Crippen LogP contribution in [0, 0.1) is 0 Å². The summed E-state index contributed by atoms with van der Waals surface area (Å²) in [7, 11) is 0. The average molecular weight is 248 g/mol. The second-order valence-electron chi connectivity index (χ2n) is 4.16. The van der Waals surface area contributed by atoms with Crippen molar-refractivity contribution in [2.45, 2.75) is 63.7 Å². The van der Waals surface area contributed by atoms with Crippen molar-refractivity contribution in [2.75, 3.05) is 0 Å². The van der Waals surface area contributed by atoms with Crippen LogP contribution in [0.5, 0.6) is 0 Å². The van der Waals surface area contributed by atoms with Gasteiger partial charge in [-0.2, -0.15) is 22.0 Å². The summed E-state index contributed by atoms with van der Waals surface area (Å²) in [5.74, 6) is -5.06. The molecule has 1 N–H and O–H groups in total. The molecule has 0 aromatic rings. The number of halogens is 5. The quantitative estimate of drug-likeness (QED) is 0.558. The monoisotopic (exact) mass is 248 g/mol. The first-order chi connectivity index (χ1) is 7.06. The third-order valence-corrected chi connectivity index (χ3v) is 2.55. The summed E-state index contributed by atoms with van der Waals surface area (Å²) in [6.45, 7) is 2.43. The van der Waals surface area contributed by atoms with Crippen LogP contribution >= 0.6 is 0 Å². The molecule has 0 aliphatic rings. The van der Waals surface area contributed by atoms with Crippen molar-refractivity contribution < 1.29 is 27.1 Å². The van der Waals surface area contributed by atoms with Gasteiger partial charge >= 0.3 is 12.1 Å². The zero-order valence-corrected chi connectivity index (χ0v) is 9.37. The SMILES string of the molecule is CCCCCCC(C)(O)C(F)(F)C(F)(F)F. The molecule has 1 atom stereocenters. The van der Waals surface area contributed by atoms with Crippen molar-refractivity contribution in [1.82, 2.24) is 0 Å². The van der Waals surface area contributed by atoms with E-state index in [4.69, 9.17) is 0 Å². The van der Waals surface area contributed by atoms with Gasteiger partial charge in [-0.3, -0.25) is 0 Å². The van der Waals surface area contributed by atoms with Gasteiger partial charge in [-0.15, -0.1) is 0 Å². The van der Waals surface area contributed by atoms with Crippen molar-refractivity contribution in [3.63, 3.8) is 0 Å². The van der Waals surface area contributed by atoms with E-state index in [1.165, 1.54) is 0 Å². The Hall–Kier alpha value is -0.390. The first-order valence-electron chi connectivity index (χ1n) is 5.23. The summed E-state index contributed by atoms with van der Waals surface area (Å²) >= 11 is 0. The molecule has 0 saturated heterocycles. The lowest BCUT2D eigenvalue weighted by atomic mass is 9.90. The number of hydrogen-bond donors (Lipinski definition) is 1. The second kappa shape index (κ2) is 5.29. The Bertz CT molecular complexity index is 210. The Balaban J connectivity index is 4.41. The van der Waals surface area contributed by atoms with Gasteiger partial charge in [-0.05, 0) is 13.3 Å². The van der Waals surface area contributed by atoms with Crippen molar-refractivity contribution >= 4 is 0 Å². The normalized spacial score (nSPS) is 17.2. The molecule has 0 aliphatic heterocycles. The average Bonchev–Trinajstić information content (AvgIpc) is 2.10. The standard InChI is InChI=1S/C10H17F5O/c1-3-4-5-6-7-8(2,16)9(11,12)10(13,14)15/h16H,3-7H2,1-2H3. The van der Waals surface area contributed by atoms with Crippen LogP contribution in [0.2, 0.25) is 0 Å². The molecular weight excluding hydrogens is 231 g/mol. The van der Waals surface area contributed by atoms with Gasteiger partial charge in [0.05, 0.1) is 0 Å². The number of hydrogen-bond acceptors (Lipinski definition) is 1. The van der Waals surface area contributed by atoms with Crippen LogP contribution in [0.25, 0.3) is 0 Å². The molecule has 0 aromatic carbocycles. The number of alkyl halides is 5. The van der Waals surface area contributed by atoms with Crippen LogP contribution in [0.15, 0.2) is 0 Å². The second-order valence-corrected chi connectivity index (χ2v) is 4.16. The molecule has 16 heavy (non-hydrogen) atoms. The Morgan fingerprint density at radius 1 is 0.938 bits per heavy atom. The van der Waals surface area contributed by atoms with Gasteiger partial charge in [0.1, 0.15) is 5.60 Å². The Labute approximate surface area is 91.6 Å². The molecule has 0 rings (SSSR count). The summed E-state index contributed by atoms with van der Waals surface area (Å²) < 4.78 is 61.7. The molecule has 0 aliphatic carbocycles. The number of aliphatic hydroxyl groups is 1. The summed E-state index contributed by atoms with van der Waals surface area (Å²) in [6, 6.07) is 0. The molecule has 1 unspecified atom stereocenters. The van der Waals surface area contributed by atoms with Crippen molar-refractivity contribution in [2.24, 2.45) is 0 Å². The fraction of sp³-hybridized carbons (Fsp3) is 1.00. The maximum Gasteiger partial charge on any atom is 0.456 e. The van der Waals surface area contributed by atoms with Crippen LogP contribution in [0.4, 0.5) is 22.0 Å². The Morgan fingerprint density at radius 2 is 1.44 bits per heavy atom. The maximum absolute atomic E-state index is 12.8. The number of unbranched alkanes of at least 4 members (excludes halogenated alkanes) is 3. The summed E-state index contributed by atoms with van der Waals surface area (Å²) in [5, 5.41) is 9.21. The molecule has 0 radical (unpaired) electrons. The van der Waals surface area contributed by atoms with E-state index < -0.39 is 24.1 Å². The molecule has 98 valence electrons. The van der Waals surface area contributed by atoms with Crippen LogP contribution in [-0.4, -0.2) is 22.8 Å². The van der Waals surface area contributed by atoms with Gasteiger partial charge in [0.25, 0.3) is 0 Å². The highest BCUT2D eigenvalue weighted by Crippen LogP contribution is 2.45. The van der Waals surface area contributed by atoms with E-state index in [1.54, 1.807) is 0 Å². The summed E-state index contributed by atoms with van der Waals surface area (Å²) in [6.07, 6.45) is -3.96. The van der Waals surface area contributed by atoms with Gasteiger partial charge in [0.2, 0.25) is 0 Å². The summed E-state index contributed by atoms with van der Waals surface area (Å²) in [5.41, 5.74) is -3.03. The van der Waals surface area contributed by atoms with E-state index in [2.05, 4.69) is 0 Å². The minimum Gasteiger partial charge on any atom is -0.384 e. The van der Waals surface area contributed by atoms with Crippen LogP contribution in [0.3, 0.4) is 0 Å². The fourth-order valence-electron chi connectivity index (χ4n) is 1.36. The van der Waals surface area contributed by atoms with Gasteiger partial charge in [0.15, 0.2) is 0 Å². The number of rotatable bonds is 6. The predicted molar refractivity (Wildman–Crippen MR) is 50.4 cm³/mol. The Morgan fingerprint density at radius 3 is 1.81 bits per heavy atom. The van der Waals surface area contributed by atoms with E-state index in [-0.39, 0.29) is 6.42 Å². The third-order valence-electron chi connectivity index (χ3n) is 2.55. The highest BCUT2D eigenvalue weighted by Gasteiger charge is 2.67. The van der Waals surface area contributed by atoms with Crippen molar-refractivity contribution in [3.05, 3.63) is 0 Å². The highest BCUT2D eigenvalue weighted by molar-refractivity contribution is 4.94. The third kappa shape index (κ3) is 3.57. The van der Waals surface area contributed by atoms with E-state index in [1.807, 2.05) is 6.92 Å². The van der Waals surface area contributed by atoms with Gasteiger partial charge < -0.3 is 5.11 Å². The molecule has 0 heterocycles. The fourth-order valence-corrected chi connectivity index (χ4v) is 1.36. The largest absolute Gasteiger partial charge is 0.456 e. The van der Waals surface area contributed by atoms with E-state index in [9.17, 15) is 27.1 Å². The highest BCUT2D eigenvalue weighted by atomic mass is 19.4. The predicted octanol–water partition coefficient (Wildman–Crippen LogP) is 3.91. The van der Waals surface area contributed by atoms with Crippen LogP contribution < -0.4 is 0 Å². The van der Waals surface area contributed by atoms with Gasteiger partial charge in [-0.25, -0.2) is 0 Å². The van der Waals surface area contributed by atoms with E-state index in [0.717, 1.165) is 12.8 Å². The van der Waals surface area contributed by atoms with E-state index >= 15 is 0 Å². The smallest absolute Gasteiger partial charge is 0.384 e. The summed E-state index contributed by atoms with van der Waals surface area (Å²) in [4.78, 5) is 0. The molecule has 0 bridgehead atoms. The molecule has 0 fully saturated rings. The van der Waals surface area contributed by atoms with Crippen LogP contribution in [-0.2, 0) is 0 Å². The lowest BCUT2D eigenvalue weighted by Gasteiger charge is -2.33. The molecule has 0 saturated carbocycles. The molecule has 0 amide bonds. The molecule has 0 spiro atoms. The first kappa shape index (κ1) is 15.6. The molecule has 1 nitrogen and oxygen atoms in total. The molecule has 6 heteroatoms. The topological polar surface area (TPSA) is 20.2 Å². The zero-order chi connectivity index (χ0) is 13.0. The minimum atomic E-state index is -5.71. The first-order valence-corrected chi connectivity index (χ1v) is 5.23. The van der Waals surface area contributed by atoms with Crippen molar-refractivity contribution in [3.8, 4) is 0 Å². The zero-order valence-electron chi connectivity index (χ0n) is 9.37. The lowest BCUT2D eigenvalue weighted by Crippen LogP contribution is -2.55. The molecule has 0 aromatic heterocycles. The van der Waals surface area contributed by atoms with Gasteiger partial charge in [-0.1, -0.05) is 32.6 Å². The van der Waals surface area contributed by atoms with E-state index in [0.29, 0.717) is 13.3 Å². The van der Waals surface area contributed by atoms with Crippen LogP contribution in [0.1, 0.15) is 46.0 Å².